The molecule has 0 N–H and O–H groups in total. The van der Waals surface area contributed by atoms with Gasteiger partial charge in [0.15, 0.2) is 0 Å². The molecule has 0 unspecified atom stereocenters. The number of hydrogen-bond acceptors (Lipinski definition) is 3. The Morgan fingerprint density at radius 3 is 2.58 bits per heavy atom. The summed E-state index contributed by atoms with van der Waals surface area (Å²) in [5, 5.41) is 1.24. The summed E-state index contributed by atoms with van der Waals surface area (Å²) in [6.45, 7) is 3.81. The van der Waals surface area contributed by atoms with E-state index in [9.17, 15) is 4.79 Å². The van der Waals surface area contributed by atoms with Gasteiger partial charge in [-0.15, -0.1) is 0 Å². The molecule has 0 aliphatic carbocycles. The van der Waals surface area contributed by atoms with Crippen LogP contribution in [0.3, 0.4) is 0 Å². The molecule has 1 fully saturated rings. The normalized spacial score (nSPS) is 18.3. The summed E-state index contributed by atoms with van der Waals surface area (Å²) in [5.41, 5.74) is 3.24. The number of fused-ring (bicyclic) bond motifs is 1. The van der Waals surface area contributed by atoms with Crippen LogP contribution in [0.25, 0.3) is 11.0 Å². The monoisotopic (exact) mass is 415 g/mol. The van der Waals surface area contributed by atoms with Crippen LogP contribution in [0.15, 0.2) is 77.6 Å². The Kier molecular flexibility index (Phi) is 5.76. The van der Waals surface area contributed by atoms with Gasteiger partial charge in [-0.3, -0.25) is 9.80 Å². The van der Waals surface area contributed by atoms with Crippen LogP contribution in [0.4, 0.5) is 10.5 Å². The standard InChI is InChI=1S/C26H29N3O2/c30-26-28(22-9-2-1-3-10-22)16-7-17-29(26)23-13-18-27(19-14-23)15-6-8-21-20-31-25-12-5-4-11-24(21)25/h1-5,7,9-12,17,20,23H,6,8,13-16,18-19H2. The van der Waals surface area contributed by atoms with Gasteiger partial charge in [0.1, 0.15) is 5.58 Å². The molecule has 2 aliphatic rings. The predicted octanol–water partition coefficient (Wildman–Crippen LogP) is 5.29. The molecule has 160 valence electrons. The van der Waals surface area contributed by atoms with E-state index in [1.165, 1.54) is 10.9 Å². The summed E-state index contributed by atoms with van der Waals surface area (Å²) in [6, 6.07) is 18.6. The number of carbonyl (C=O) groups excluding carboxylic acids is 1. The second kappa shape index (κ2) is 8.98. The number of piperidine rings is 1. The van der Waals surface area contributed by atoms with E-state index in [1.807, 2.05) is 64.7 Å². The maximum absolute atomic E-state index is 13.1. The molecule has 2 aromatic carbocycles. The van der Waals surface area contributed by atoms with Crippen molar-refractivity contribution < 1.29 is 9.21 Å². The van der Waals surface area contributed by atoms with Crippen molar-refractivity contribution in [3.05, 3.63) is 78.7 Å². The Morgan fingerprint density at radius 2 is 1.74 bits per heavy atom. The van der Waals surface area contributed by atoms with Crippen LogP contribution in [0.2, 0.25) is 0 Å². The number of hydrogen-bond donors (Lipinski definition) is 0. The minimum atomic E-state index is 0.0963. The van der Waals surface area contributed by atoms with E-state index in [0.29, 0.717) is 6.54 Å². The van der Waals surface area contributed by atoms with Gasteiger partial charge in [-0.25, -0.2) is 4.79 Å². The van der Waals surface area contributed by atoms with Crippen molar-refractivity contribution in [3.8, 4) is 0 Å². The lowest BCUT2D eigenvalue weighted by Crippen LogP contribution is -2.51. The van der Waals surface area contributed by atoms with Crippen molar-refractivity contribution in [1.29, 1.82) is 0 Å². The molecular formula is C26H29N3O2. The third-order valence-corrected chi connectivity index (χ3v) is 6.51. The van der Waals surface area contributed by atoms with Crippen LogP contribution in [0, 0.1) is 0 Å². The summed E-state index contributed by atoms with van der Waals surface area (Å²) in [5.74, 6) is 0. The molecule has 5 nitrogen and oxygen atoms in total. The van der Waals surface area contributed by atoms with E-state index in [2.05, 4.69) is 23.1 Å². The second-order valence-corrected chi connectivity index (χ2v) is 8.45. The number of carbonyl (C=O) groups is 1. The van der Waals surface area contributed by atoms with Gasteiger partial charge >= 0.3 is 6.03 Å². The van der Waals surface area contributed by atoms with Gasteiger partial charge in [0, 0.05) is 42.9 Å². The first kappa shape index (κ1) is 19.9. The lowest BCUT2D eigenvalue weighted by Gasteiger charge is -2.40. The fourth-order valence-electron chi connectivity index (χ4n) is 4.79. The van der Waals surface area contributed by atoms with Gasteiger partial charge in [-0.2, -0.15) is 0 Å². The fourth-order valence-corrected chi connectivity index (χ4v) is 4.79. The third kappa shape index (κ3) is 4.23. The molecule has 2 aliphatic heterocycles. The molecule has 1 saturated heterocycles. The maximum Gasteiger partial charge on any atom is 0.329 e. The molecule has 5 heteroatoms. The number of urea groups is 1. The Morgan fingerprint density at radius 1 is 0.968 bits per heavy atom. The highest BCUT2D eigenvalue weighted by Gasteiger charge is 2.31. The lowest BCUT2D eigenvalue weighted by atomic mass is 10.0. The number of benzene rings is 2. The smallest absolute Gasteiger partial charge is 0.329 e. The van der Waals surface area contributed by atoms with Crippen LogP contribution in [0.1, 0.15) is 24.8 Å². The molecule has 31 heavy (non-hydrogen) atoms. The number of amides is 2. The number of likely N-dealkylation sites (tertiary alicyclic amines) is 1. The molecule has 1 aromatic heterocycles. The van der Waals surface area contributed by atoms with E-state index in [-0.39, 0.29) is 12.1 Å². The van der Waals surface area contributed by atoms with E-state index in [4.69, 9.17) is 4.42 Å². The minimum Gasteiger partial charge on any atom is -0.464 e. The second-order valence-electron chi connectivity index (χ2n) is 8.45. The fraction of sp³-hybridized carbons (Fsp3) is 0.346. The first-order valence-electron chi connectivity index (χ1n) is 11.3. The Bertz CT molecular complexity index is 1050. The molecule has 2 amide bonds. The first-order valence-corrected chi connectivity index (χ1v) is 11.3. The van der Waals surface area contributed by atoms with E-state index >= 15 is 0 Å². The van der Waals surface area contributed by atoms with Crippen molar-refractivity contribution in [2.75, 3.05) is 31.1 Å². The molecule has 0 atom stereocenters. The van der Waals surface area contributed by atoms with Gasteiger partial charge in [-0.1, -0.05) is 36.4 Å². The Balaban J connectivity index is 1.12. The van der Waals surface area contributed by atoms with Gasteiger partial charge in [-0.05, 0) is 62.1 Å². The van der Waals surface area contributed by atoms with Crippen LogP contribution >= 0.6 is 0 Å². The number of furan rings is 1. The average molecular weight is 416 g/mol. The summed E-state index contributed by atoms with van der Waals surface area (Å²) in [6.07, 6.45) is 10.2. The van der Waals surface area contributed by atoms with Crippen molar-refractivity contribution >= 4 is 22.7 Å². The van der Waals surface area contributed by atoms with Crippen molar-refractivity contribution in [1.82, 2.24) is 9.80 Å². The Hall–Kier alpha value is -3.05. The molecule has 3 aromatic rings. The van der Waals surface area contributed by atoms with E-state index in [1.54, 1.807) is 0 Å². The molecule has 0 spiro atoms. The highest BCUT2D eigenvalue weighted by atomic mass is 16.3. The van der Waals surface area contributed by atoms with Crippen LogP contribution < -0.4 is 4.90 Å². The zero-order valence-corrected chi connectivity index (χ0v) is 17.8. The van der Waals surface area contributed by atoms with Crippen molar-refractivity contribution in [3.63, 3.8) is 0 Å². The zero-order chi connectivity index (χ0) is 21.0. The van der Waals surface area contributed by atoms with Crippen LogP contribution in [-0.4, -0.2) is 48.1 Å². The van der Waals surface area contributed by atoms with Crippen LogP contribution in [0.5, 0.6) is 0 Å². The maximum atomic E-state index is 13.1. The molecule has 0 saturated carbocycles. The highest BCUT2D eigenvalue weighted by Crippen LogP contribution is 2.25. The van der Waals surface area contributed by atoms with Crippen molar-refractivity contribution in [2.45, 2.75) is 31.7 Å². The predicted molar refractivity (Wildman–Crippen MR) is 124 cm³/mol. The summed E-state index contributed by atoms with van der Waals surface area (Å²) in [7, 11) is 0. The first-order chi connectivity index (χ1) is 15.3. The quantitative estimate of drug-likeness (QED) is 0.549. The molecule has 0 bridgehead atoms. The largest absolute Gasteiger partial charge is 0.464 e. The number of para-hydroxylation sites is 2. The SMILES string of the molecule is O=C1N(c2ccccc2)CC=CN1C1CCN(CCCc2coc3ccccc23)CC1. The zero-order valence-electron chi connectivity index (χ0n) is 17.8. The molecule has 0 radical (unpaired) electrons. The highest BCUT2D eigenvalue weighted by molar-refractivity contribution is 5.94. The minimum absolute atomic E-state index is 0.0963. The van der Waals surface area contributed by atoms with Gasteiger partial charge in [0.25, 0.3) is 0 Å². The summed E-state index contributed by atoms with van der Waals surface area (Å²) in [4.78, 5) is 19.4. The summed E-state index contributed by atoms with van der Waals surface area (Å²) < 4.78 is 5.66. The van der Waals surface area contributed by atoms with Crippen LogP contribution in [-0.2, 0) is 6.42 Å². The average Bonchev–Trinajstić information content (AvgIpc) is 3.24. The van der Waals surface area contributed by atoms with Gasteiger partial charge < -0.3 is 9.32 Å². The third-order valence-electron chi connectivity index (χ3n) is 6.51. The van der Waals surface area contributed by atoms with Crippen molar-refractivity contribution in [2.24, 2.45) is 0 Å². The lowest BCUT2D eigenvalue weighted by molar-refractivity contribution is 0.145. The number of anilines is 1. The van der Waals surface area contributed by atoms with Gasteiger partial charge in [0.05, 0.1) is 6.26 Å². The number of aryl methyl sites for hydroxylation is 1. The van der Waals surface area contributed by atoms with E-state index in [0.717, 1.165) is 56.6 Å². The Labute approximate surface area is 183 Å². The summed E-state index contributed by atoms with van der Waals surface area (Å²) >= 11 is 0. The molecular weight excluding hydrogens is 386 g/mol. The number of nitrogens with zero attached hydrogens (tertiary/aromatic N) is 3. The molecule has 5 rings (SSSR count). The van der Waals surface area contributed by atoms with E-state index < -0.39 is 0 Å². The number of rotatable bonds is 6. The van der Waals surface area contributed by atoms with Gasteiger partial charge in [0.2, 0.25) is 0 Å². The molecule has 3 heterocycles. The topological polar surface area (TPSA) is 39.9 Å².